The molecule has 1 saturated carbocycles. The summed E-state index contributed by atoms with van der Waals surface area (Å²) in [6, 6.07) is 8.64. The number of aromatic nitrogens is 2. The van der Waals surface area contributed by atoms with Crippen LogP contribution in [-0.4, -0.2) is 57.6 Å². The quantitative estimate of drug-likeness (QED) is 0.547. The number of nitrogens with zero attached hydrogens (tertiary/aromatic N) is 3. The molecule has 1 aromatic carbocycles. The molecule has 0 unspecified atom stereocenters. The largest absolute Gasteiger partial charge is 0.483 e. The van der Waals surface area contributed by atoms with E-state index in [-0.39, 0.29) is 30.2 Å². The van der Waals surface area contributed by atoms with Gasteiger partial charge in [-0.1, -0.05) is 35.6 Å². The van der Waals surface area contributed by atoms with Gasteiger partial charge in [0.05, 0.1) is 13.1 Å². The van der Waals surface area contributed by atoms with E-state index >= 15 is 0 Å². The van der Waals surface area contributed by atoms with Crippen molar-refractivity contribution in [3.05, 3.63) is 45.4 Å². The van der Waals surface area contributed by atoms with Crippen molar-refractivity contribution in [2.75, 3.05) is 13.1 Å². The topological polar surface area (TPSA) is 125 Å². The normalized spacial score (nSPS) is 20.0. The number of hydrogen-bond donors (Lipinski definition) is 3. The maximum Gasteiger partial charge on any atom is 0.290 e. The number of aryl methyl sites for hydroxylation is 1. The Labute approximate surface area is 197 Å². The van der Waals surface area contributed by atoms with Gasteiger partial charge in [0, 0.05) is 25.0 Å². The summed E-state index contributed by atoms with van der Waals surface area (Å²) in [5, 5.41) is 22.8. The lowest BCUT2D eigenvalue weighted by Crippen LogP contribution is -2.45. The average Bonchev–Trinajstić information content (AvgIpc) is 3.23. The lowest BCUT2D eigenvalue weighted by Gasteiger charge is -2.31. The van der Waals surface area contributed by atoms with Crippen LogP contribution in [0.3, 0.4) is 0 Å². The first kappa shape index (κ1) is 24.8. The second kappa shape index (κ2) is 12.4. The first-order chi connectivity index (χ1) is 16.0. The van der Waals surface area contributed by atoms with Crippen molar-refractivity contribution in [2.45, 2.75) is 58.2 Å². The van der Waals surface area contributed by atoms with E-state index in [0.717, 1.165) is 55.2 Å². The molecule has 1 aromatic heterocycles. The number of carbonyl (C=O) groups excluding carboxylic acids is 2. The van der Waals surface area contributed by atoms with E-state index in [1.807, 2.05) is 6.92 Å². The van der Waals surface area contributed by atoms with Gasteiger partial charge >= 0.3 is 0 Å². The highest BCUT2D eigenvalue weighted by molar-refractivity contribution is 7.11. The summed E-state index contributed by atoms with van der Waals surface area (Å²) in [7, 11) is 0. The third-order valence-electron chi connectivity index (χ3n) is 6.02. The number of amides is 2. The van der Waals surface area contributed by atoms with Crippen LogP contribution in [0.2, 0.25) is 0 Å². The molecule has 178 valence electrons. The molecular formula is C23H31N5O4S. The minimum atomic E-state index is -0.250. The SMILES string of the molecule is Cc1nnc(CNC(=O)C2CCC(NC(=O)CN3CCc4ccccc4C3)CC2)s1.O=CO. The van der Waals surface area contributed by atoms with Gasteiger partial charge in [0.2, 0.25) is 11.8 Å². The predicted octanol–water partition coefficient (Wildman–Crippen LogP) is 1.90. The van der Waals surface area contributed by atoms with E-state index < -0.39 is 0 Å². The van der Waals surface area contributed by atoms with Gasteiger partial charge in [-0.15, -0.1) is 10.2 Å². The van der Waals surface area contributed by atoms with Crippen molar-refractivity contribution in [1.82, 2.24) is 25.7 Å². The minimum Gasteiger partial charge on any atom is -0.483 e. The van der Waals surface area contributed by atoms with Crippen LogP contribution in [0.1, 0.15) is 46.8 Å². The van der Waals surface area contributed by atoms with Crippen LogP contribution in [-0.2, 0) is 33.9 Å². The van der Waals surface area contributed by atoms with Gasteiger partial charge in [-0.25, -0.2) is 0 Å². The Kier molecular flexibility index (Phi) is 9.32. The van der Waals surface area contributed by atoms with E-state index in [2.05, 4.69) is 50.0 Å². The maximum absolute atomic E-state index is 12.5. The lowest BCUT2D eigenvalue weighted by atomic mass is 9.85. The van der Waals surface area contributed by atoms with Crippen molar-refractivity contribution >= 4 is 29.6 Å². The maximum atomic E-state index is 12.5. The zero-order chi connectivity index (χ0) is 23.6. The monoisotopic (exact) mass is 473 g/mol. The van der Waals surface area contributed by atoms with Crippen molar-refractivity contribution in [3.8, 4) is 0 Å². The van der Waals surface area contributed by atoms with Crippen molar-refractivity contribution < 1.29 is 19.5 Å². The van der Waals surface area contributed by atoms with Crippen molar-refractivity contribution in [1.29, 1.82) is 0 Å². The molecule has 0 atom stereocenters. The smallest absolute Gasteiger partial charge is 0.290 e. The standard InChI is InChI=1S/C22H29N5O2S.CH2O2/c1-15-25-26-21(30-15)12-23-22(29)17-6-8-19(9-7-17)24-20(28)14-27-11-10-16-4-2-3-5-18(16)13-27;2-1-3/h2-5,17,19H,6-14H2,1H3,(H,23,29)(H,24,28);1H,(H,2,3). The Bertz CT molecular complexity index is 942. The van der Waals surface area contributed by atoms with E-state index in [1.54, 1.807) is 0 Å². The highest BCUT2D eigenvalue weighted by Crippen LogP contribution is 2.25. The molecule has 33 heavy (non-hydrogen) atoms. The Hall–Kier alpha value is -2.85. The molecule has 9 nitrogen and oxygen atoms in total. The first-order valence-corrected chi connectivity index (χ1v) is 12.0. The van der Waals surface area contributed by atoms with Gasteiger partial charge in [-0.05, 0) is 50.2 Å². The molecule has 1 aliphatic heterocycles. The molecular weight excluding hydrogens is 442 g/mol. The van der Waals surface area contributed by atoms with E-state index in [1.165, 1.54) is 22.5 Å². The second-order valence-corrected chi connectivity index (χ2v) is 9.65. The van der Waals surface area contributed by atoms with Gasteiger partial charge in [-0.3, -0.25) is 19.3 Å². The highest BCUT2D eigenvalue weighted by Gasteiger charge is 2.27. The van der Waals surface area contributed by atoms with Gasteiger partial charge in [0.25, 0.3) is 6.47 Å². The molecule has 0 spiro atoms. The molecule has 2 amide bonds. The molecule has 2 aliphatic rings. The van der Waals surface area contributed by atoms with E-state index in [9.17, 15) is 9.59 Å². The Morgan fingerprint density at radius 1 is 1.18 bits per heavy atom. The van der Waals surface area contributed by atoms with Crippen LogP contribution in [0, 0.1) is 12.8 Å². The molecule has 4 rings (SSSR count). The third kappa shape index (κ3) is 7.61. The highest BCUT2D eigenvalue weighted by atomic mass is 32.1. The van der Waals surface area contributed by atoms with Crippen LogP contribution in [0.5, 0.6) is 0 Å². The minimum absolute atomic E-state index is 0.0192. The number of rotatable bonds is 6. The summed E-state index contributed by atoms with van der Waals surface area (Å²) in [6.07, 6.45) is 4.32. The summed E-state index contributed by atoms with van der Waals surface area (Å²) in [6.45, 7) is 4.30. The van der Waals surface area contributed by atoms with Crippen molar-refractivity contribution in [3.63, 3.8) is 0 Å². The van der Waals surface area contributed by atoms with E-state index in [0.29, 0.717) is 13.1 Å². The molecule has 2 heterocycles. The Morgan fingerprint density at radius 3 is 2.55 bits per heavy atom. The zero-order valence-electron chi connectivity index (χ0n) is 18.8. The van der Waals surface area contributed by atoms with Gasteiger partial charge in [0.15, 0.2) is 0 Å². The molecule has 0 bridgehead atoms. The van der Waals surface area contributed by atoms with Gasteiger partial charge < -0.3 is 15.7 Å². The summed E-state index contributed by atoms with van der Waals surface area (Å²) in [5.41, 5.74) is 2.72. The molecule has 1 fully saturated rings. The summed E-state index contributed by atoms with van der Waals surface area (Å²) in [5.74, 6) is 0.194. The fourth-order valence-corrected chi connectivity index (χ4v) is 5.03. The molecule has 3 N–H and O–H groups in total. The van der Waals surface area contributed by atoms with Crippen LogP contribution in [0.25, 0.3) is 0 Å². The number of benzene rings is 1. The molecule has 10 heteroatoms. The summed E-state index contributed by atoms with van der Waals surface area (Å²) >= 11 is 1.51. The van der Waals surface area contributed by atoms with Crippen LogP contribution >= 0.6 is 11.3 Å². The number of carboxylic acid groups (broad SMARTS) is 1. The van der Waals surface area contributed by atoms with Crippen LogP contribution < -0.4 is 10.6 Å². The molecule has 0 radical (unpaired) electrons. The molecule has 2 aromatic rings. The van der Waals surface area contributed by atoms with Crippen LogP contribution in [0.15, 0.2) is 24.3 Å². The van der Waals surface area contributed by atoms with Crippen molar-refractivity contribution in [2.24, 2.45) is 5.92 Å². The Balaban J connectivity index is 0.000000968. The Morgan fingerprint density at radius 2 is 1.88 bits per heavy atom. The van der Waals surface area contributed by atoms with Gasteiger partial charge in [-0.2, -0.15) is 0 Å². The number of fused-ring (bicyclic) bond motifs is 1. The number of nitrogens with one attached hydrogen (secondary N) is 2. The fourth-order valence-electron chi connectivity index (χ4n) is 4.38. The number of hydrogen-bond acceptors (Lipinski definition) is 7. The lowest BCUT2D eigenvalue weighted by molar-refractivity contribution is -0.126. The van der Waals surface area contributed by atoms with Gasteiger partial charge in [0.1, 0.15) is 10.0 Å². The molecule has 0 saturated heterocycles. The van der Waals surface area contributed by atoms with E-state index in [4.69, 9.17) is 9.90 Å². The third-order valence-corrected chi connectivity index (χ3v) is 6.86. The fraction of sp³-hybridized carbons (Fsp3) is 0.522. The summed E-state index contributed by atoms with van der Waals surface area (Å²) in [4.78, 5) is 35.5. The summed E-state index contributed by atoms with van der Waals surface area (Å²) < 4.78 is 0. The average molecular weight is 474 g/mol. The second-order valence-electron chi connectivity index (χ2n) is 8.38. The number of carbonyl (C=O) groups is 3. The van der Waals surface area contributed by atoms with Crippen LogP contribution in [0.4, 0.5) is 0 Å². The zero-order valence-corrected chi connectivity index (χ0v) is 19.6. The predicted molar refractivity (Wildman–Crippen MR) is 124 cm³/mol. The first-order valence-electron chi connectivity index (χ1n) is 11.2. The molecule has 1 aliphatic carbocycles.